The predicted molar refractivity (Wildman–Crippen MR) is 128 cm³/mol. The molecule has 9 heteroatoms. The largest absolute Gasteiger partial charge is 0.354 e. The molecule has 2 N–H and O–H groups in total. The van der Waals surface area contributed by atoms with Crippen LogP contribution in [0, 0.1) is 5.82 Å². The fraction of sp³-hybridized carbons (Fsp3) is 0.120. The number of fused-ring (bicyclic) bond motifs is 1. The monoisotopic (exact) mass is 495 g/mol. The Labute approximate surface area is 200 Å². The van der Waals surface area contributed by atoms with Crippen LogP contribution < -0.4 is 10.0 Å². The zero-order chi connectivity index (χ0) is 23.9. The Balaban J connectivity index is 1.56. The number of aromatic nitrogens is 1. The van der Waals surface area contributed by atoms with E-state index in [9.17, 15) is 13.2 Å². The first-order valence-electron chi connectivity index (χ1n) is 10.5. The summed E-state index contributed by atoms with van der Waals surface area (Å²) >= 11 is 6.01. The van der Waals surface area contributed by atoms with Gasteiger partial charge in [-0.1, -0.05) is 41.9 Å². The van der Waals surface area contributed by atoms with Crippen LogP contribution in [0.5, 0.6) is 0 Å². The summed E-state index contributed by atoms with van der Waals surface area (Å²) in [6.45, 7) is 0.210. The van der Waals surface area contributed by atoms with Gasteiger partial charge in [-0.15, -0.1) is 0 Å². The fourth-order valence-electron chi connectivity index (χ4n) is 4.26. The number of rotatable bonds is 5. The first-order chi connectivity index (χ1) is 16.3. The highest BCUT2D eigenvalue weighted by atomic mass is 35.5. The summed E-state index contributed by atoms with van der Waals surface area (Å²) in [6.07, 6.45) is 3.28. The van der Waals surface area contributed by atoms with Gasteiger partial charge in [0.25, 0.3) is 0 Å². The second-order valence-corrected chi connectivity index (χ2v) is 10.2. The molecule has 1 fully saturated rings. The topological polar surface area (TPSA) is 88.2 Å². The summed E-state index contributed by atoms with van der Waals surface area (Å²) in [4.78, 5) is 16.9. The Morgan fingerprint density at radius 3 is 2.50 bits per heavy atom. The van der Waals surface area contributed by atoms with E-state index in [1.807, 2.05) is 0 Å². The zero-order valence-corrected chi connectivity index (χ0v) is 19.3. The van der Waals surface area contributed by atoms with Crippen molar-refractivity contribution in [2.24, 2.45) is 0 Å². The van der Waals surface area contributed by atoms with Gasteiger partial charge in [-0.05, 0) is 59.2 Å². The molecule has 172 valence electrons. The van der Waals surface area contributed by atoms with E-state index in [-0.39, 0.29) is 23.4 Å². The van der Waals surface area contributed by atoms with Crippen molar-refractivity contribution in [2.75, 3.05) is 6.54 Å². The van der Waals surface area contributed by atoms with Crippen LogP contribution in [0.2, 0.25) is 5.02 Å². The summed E-state index contributed by atoms with van der Waals surface area (Å²) in [7, 11) is -4.18. The molecule has 6 nitrogen and oxygen atoms in total. The van der Waals surface area contributed by atoms with Crippen molar-refractivity contribution >= 4 is 38.3 Å². The summed E-state index contributed by atoms with van der Waals surface area (Å²) in [6, 6.07) is 17.6. The Kier molecular flexibility index (Phi) is 5.59. The van der Waals surface area contributed by atoms with Crippen molar-refractivity contribution in [1.82, 2.24) is 15.0 Å². The van der Waals surface area contributed by atoms with Crippen LogP contribution in [0.3, 0.4) is 0 Å². The van der Waals surface area contributed by atoms with Crippen molar-refractivity contribution in [3.8, 4) is 11.1 Å². The first-order valence-corrected chi connectivity index (χ1v) is 12.4. The number of amides is 1. The average molecular weight is 496 g/mol. The van der Waals surface area contributed by atoms with E-state index in [1.165, 1.54) is 24.3 Å². The summed E-state index contributed by atoms with van der Waals surface area (Å²) in [5, 5.41) is 4.62. The molecular weight excluding hydrogens is 477 g/mol. The van der Waals surface area contributed by atoms with Gasteiger partial charge in [-0.3, -0.25) is 9.78 Å². The summed E-state index contributed by atoms with van der Waals surface area (Å²) in [5.41, 5.74) is -0.536. The molecule has 3 aromatic carbocycles. The van der Waals surface area contributed by atoms with E-state index in [0.29, 0.717) is 21.5 Å². The Hall–Kier alpha value is -3.33. The molecule has 1 aliphatic heterocycles. The lowest BCUT2D eigenvalue weighted by Gasteiger charge is -2.28. The number of benzene rings is 3. The van der Waals surface area contributed by atoms with Crippen molar-refractivity contribution in [2.45, 2.75) is 16.9 Å². The second-order valence-electron chi connectivity index (χ2n) is 8.11. The van der Waals surface area contributed by atoms with E-state index in [0.717, 1.165) is 5.39 Å². The lowest BCUT2D eigenvalue weighted by atomic mass is 9.88. The molecule has 0 unspecified atom stereocenters. The van der Waals surface area contributed by atoms with Gasteiger partial charge in [0, 0.05) is 35.1 Å². The van der Waals surface area contributed by atoms with Gasteiger partial charge in [-0.2, -0.15) is 4.72 Å². The van der Waals surface area contributed by atoms with Crippen molar-refractivity contribution in [3.63, 3.8) is 0 Å². The van der Waals surface area contributed by atoms with Gasteiger partial charge >= 0.3 is 0 Å². The SMILES string of the molecule is O=C1NCC[C@]1(NS(=O)(=O)c1ccc2cc(Cl)ccc2c1)c1ccc(-c2cccnc2)cc1F. The minimum absolute atomic E-state index is 0.0335. The number of carbonyl (C=O) groups is 1. The third-order valence-electron chi connectivity index (χ3n) is 5.99. The van der Waals surface area contributed by atoms with Gasteiger partial charge in [0.05, 0.1) is 4.90 Å². The molecule has 0 aliphatic carbocycles. The number of hydrogen-bond donors (Lipinski definition) is 2. The predicted octanol–water partition coefficient (Wildman–Crippen LogP) is 4.39. The molecule has 1 amide bonds. The molecule has 1 saturated heterocycles. The molecule has 0 bridgehead atoms. The second kappa shape index (κ2) is 8.47. The number of nitrogens with zero attached hydrogens (tertiary/aromatic N) is 1. The highest BCUT2D eigenvalue weighted by molar-refractivity contribution is 7.89. The van der Waals surface area contributed by atoms with E-state index in [2.05, 4.69) is 15.0 Å². The Bertz CT molecular complexity index is 1530. The van der Waals surface area contributed by atoms with Crippen molar-refractivity contribution < 1.29 is 17.6 Å². The highest BCUT2D eigenvalue weighted by Crippen LogP contribution is 2.35. The molecule has 4 aromatic rings. The molecule has 5 rings (SSSR count). The van der Waals surface area contributed by atoms with Crippen LogP contribution in [0.25, 0.3) is 21.9 Å². The molecule has 0 spiro atoms. The number of nitrogens with one attached hydrogen (secondary N) is 2. The molecular formula is C25H19ClFN3O3S. The van der Waals surface area contributed by atoms with E-state index < -0.39 is 27.3 Å². The van der Waals surface area contributed by atoms with Gasteiger partial charge in [0.2, 0.25) is 15.9 Å². The van der Waals surface area contributed by atoms with E-state index >= 15 is 4.39 Å². The molecule has 0 saturated carbocycles. The van der Waals surface area contributed by atoms with Crippen LogP contribution in [-0.2, 0) is 20.4 Å². The van der Waals surface area contributed by atoms with Crippen LogP contribution in [0.1, 0.15) is 12.0 Å². The van der Waals surface area contributed by atoms with Crippen molar-refractivity contribution in [3.05, 3.63) is 95.5 Å². The molecule has 2 heterocycles. The maximum atomic E-state index is 15.4. The number of hydrogen-bond acceptors (Lipinski definition) is 4. The quantitative estimate of drug-likeness (QED) is 0.430. The zero-order valence-electron chi connectivity index (χ0n) is 17.8. The van der Waals surface area contributed by atoms with Gasteiger partial charge in [0.15, 0.2) is 0 Å². The molecule has 1 aliphatic rings. The summed E-state index contributed by atoms with van der Waals surface area (Å²) in [5.74, 6) is -1.29. The number of carbonyl (C=O) groups excluding carboxylic acids is 1. The van der Waals surface area contributed by atoms with Crippen LogP contribution in [0.4, 0.5) is 4.39 Å². The molecule has 34 heavy (non-hydrogen) atoms. The summed E-state index contributed by atoms with van der Waals surface area (Å²) < 4.78 is 44.6. The third kappa shape index (κ3) is 3.94. The number of sulfonamides is 1. The normalized spacial score (nSPS) is 18.2. The highest BCUT2D eigenvalue weighted by Gasteiger charge is 2.48. The van der Waals surface area contributed by atoms with Gasteiger partial charge < -0.3 is 5.32 Å². The standard InChI is InChI=1S/C25H19ClFN3O3S/c26-20-6-3-17-13-21(7-4-16(17)12-20)34(32,33)30-25(9-11-29-24(25)31)22-8-5-18(14-23(22)27)19-2-1-10-28-15-19/h1-8,10,12-15,30H,9,11H2,(H,29,31)/t25-/m0/s1. The number of halogens is 2. The third-order valence-corrected chi connectivity index (χ3v) is 7.72. The minimum Gasteiger partial charge on any atom is -0.354 e. The lowest BCUT2D eigenvalue weighted by molar-refractivity contribution is -0.124. The molecule has 1 atom stereocenters. The maximum absolute atomic E-state index is 15.4. The van der Waals surface area contributed by atoms with Crippen LogP contribution in [0.15, 0.2) is 84.0 Å². The van der Waals surface area contributed by atoms with Crippen LogP contribution in [-0.4, -0.2) is 25.9 Å². The lowest BCUT2D eigenvalue weighted by Crippen LogP contribution is -2.51. The smallest absolute Gasteiger partial charge is 0.246 e. The molecule has 0 radical (unpaired) electrons. The minimum atomic E-state index is -4.18. The van der Waals surface area contributed by atoms with Crippen LogP contribution >= 0.6 is 11.6 Å². The Morgan fingerprint density at radius 1 is 1.00 bits per heavy atom. The fourth-order valence-corrected chi connectivity index (χ4v) is 5.85. The van der Waals surface area contributed by atoms with Gasteiger partial charge in [-0.25, -0.2) is 12.8 Å². The van der Waals surface area contributed by atoms with E-state index in [4.69, 9.17) is 11.6 Å². The van der Waals surface area contributed by atoms with Crippen molar-refractivity contribution in [1.29, 1.82) is 0 Å². The van der Waals surface area contributed by atoms with Gasteiger partial charge in [0.1, 0.15) is 11.4 Å². The van der Waals surface area contributed by atoms with E-state index in [1.54, 1.807) is 54.9 Å². The maximum Gasteiger partial charge on any atom is 0.246 e. The molecule has 1 aromatic heterocycles. The first kappa shape index (κ1) is 22.5. The average Bonchev–Trinajstić information content (AvgIpc) is 3.19. The number of pyridine rings is 1. The Morgan fingerprint density at radius 2 is 1.79 bits per heavy atom.